The van der Waals surface area contributed by atoms with E-state index in [9.17, 15) is 22.4 Å². The molecule has 0 fully saturated rings. The van der Waals surface area contributed by atoms with Gasteiger partial charge >= 0.3 is 12.3 Å². The highest BCUT2D eigenvalue weighted by molar-refractivity contribution is 5.74. The lowest BCUT2D eigenvalue weighted by Crippen LogP contribution is -2.39. The molecule has 0 N–H and O–H groups in total. The molecule has 0 spiro atoms. The third kappa shape index (κ3) is 4.49. The topological polar surface area (TPSA) is 29.5 Å². The van der Waals surface area contributed by atoms with E-state index in [-0.39, 0.29) is 25.1 Å². The summed E-state index contributed by atoms with van der Waals surface area (Å²) in [7, 11) is 0. The number of hydrogen-bond acceptors (Lipinski definition) is 2. The molecule has 1 amide bonds. The molecule has 2 rings (SSSR count). The Morgan fingerprint density at radius 2 is 1.88 bits per heavy atom. The number of nitrogens with zero attached hydrogens (tertiary/aromatic N) is 1. The average molecular weight is 345 g/mol. The van der Waals surface area contributed by atoms with Crippen molar-refractivity contribution in [2.24, 2.45) is 0 Å². The summed E-state index contributed by atoms with van der Waals surface area (Å²) in [6.45, 7) is 5.54. The molecule has 0 atom stereocenters. The Labute approximate surface area is 137 Å². The molecule has 0 aliphatic carbocycles. The molecule has 0 saturated carbocycles. The minimum atomic E-state index is -4.56. The first-order chi connectivity index (χ1) is 11.0. The van der Waals surface area contributed by atoms with Crippen molar-refractivity contribution in [2.75, 3.05) is 13.1 Å². The largest absolute Gasteiger partial charge is 0.444 e. The van der Waals surface area contributed by atoms with Crippen molar-refractivity contribution in [3.63, 3.8) is 0 Å². The number of hydrogen-bond donors (Lipinski definition) is 0. The van der Waals surface area contributed by atoms with E-state index in [0.717, 1.165) is 18.2 Å². The highest BCUT2D eigenvalue weighted by Crippen LogP contribution is 2.37. The van der Waals surface area contributed by atoms with Gasteiger partial charge in [0, 0.05) is 13.1 Å². The van der Waals surface area contributed by atoms with Gasteiger partial charge in [0.2, 0.25) is 0 Å². The number of carbonyl (C=O) groups excluding carboxylic acids is 1. The third-order valence-electron chi connectivity index (χ3n) is 3.49. The zero-order valence-corrected chi connectivity index (χ0v) is 13.7. The molecule has 1 aliphatic rings. The quantitative estimate of drug-likeness (QED) is 0.680. The lowest BCUT2D eigenvalue weighted by Gasteiger charge is -2.30. The van der Waals surface area contributed by atoms with Gasteiger partial charge in [0.1, 0.15) is 11.4 Å². The van der Waals surface area contributed by atoms with E-state index in [1.807, 2.05) is 0 Å². The Morgan fingerprint density at radius 3 is 2.38 bits per heavy atom. The molecule has 0 saturated heterocycles. The van der Waals surface area contributed by atoms with Gasteiger partial charge in [-0.1, -0.05) is 6.08 Å². The number of carbonyl (C=O) groups is 1. The maximum absolute atomic E-state index is 13.4. The van der Waals surface area contributed by atoms with Gasteiger partial charge in [-0.2, -0.15) is 13.2 Å². The number of amides is 1. The summed E-state index contributed by atoms with van der Waals surface area (Å²) in [6.07, 6.45) is -3.37. The summed E-state index contributed by atoms with van der Waals surface area (Å²) >= 11 is 0. The zero-order chi connectivity index (χ0) is 18.1. The van der Waals surface area contributed by atoms with Crippen LogP contribution in [0.25, 0.3) is 5.57 Å². The SMILES string of the molecule is CC(C)(C)OC(=O)N1CC=C(c2cc(F)ccc2C(F)(F)F)CC1. The zero-order valence-electron chi connectivity index (χ0n) is 13.7. The summed E-state index contributed by atoms with van der Waals surface area (Å²) in [5, 5.41) is 0. The summed E-state index contributed by atoms with van der Waals surface area (Å²) in [4.78, 5) is 13.4. The van der Waals surface area contributed by atoms with E-state index in [4.69, 9.17) is 4.74 Å². The van der Waals surface area contributed by atoms with E-state index in [0.29, 0.717) is 5.57 Å². The fourth-order valence-electron chi connectivity index (χ4n) is 2.44. The summed E-state index contributed by atoms with van der Waals surface area (Å²) in [5.41, 5.74) is -1.32. The lowest BCUT2D eigenvalue weighted by molar-refractivity contribution is -0.137. The van der Waals surface area contributed by atoms with Crippen molar-refractivity contribution in [1.29, 1.82) is 0 Å². The van der Waals surface area contributed by atoms with Gasteiger partial charge in [0.25, 0.3) is 0 Å². The molecule has 0 unspecified atom stereocenters. The molecule has 1 aromatic rings. The smallest absolute Gasteiger partial charge is 0.416 e. The maximum atomic E-state index is 13.4. The van der Waals surface area contributed by atoms with E-state index in [2.05, 4.69) is 0 Å². The summed E-state index contributed by atoms with van der Waals surface area (Å²) in [5.74, 6) is -0.728. The van der Waals surface area contributed by atoms with Crippen LogP contribution in [0, 0.1) is 5.82 Å². The van der Waals surface area contributed by atoms with Gasteiger partial charge in [0.15, 0.2) is 0 Å². The second kappa shape index (κ2) is 6.45. The molecular formula is C17H19F4NO2. The predicted octanol–water partition coefficient (Wildman–Crippen LogP) is 4.87. The second-order valence-electron chi connectivity index (χ2n) is 6.59. The standard InChI is InChI=1S/C17H19F4NO2/c1-16(2,3)24-15(23)22-8-6-11(7-9-22)13-10-12(18)4-5-14(13)17(19,20)21/h4-6,10H,7-9H2,1-3H3. The van der Waals surface area contributed by atoms with Crippen LogP contribution in [0.3, 0.4) is 0 Å². The lowest BCUT2D eigenvalue weighted by atomic mass is 9.94. The van der Waals surface area contributed by atoms with Crippen LogP contribution in [0.5, 0.6) is 0 Å². The van der Waals surface area contributed by atoms with Crippen LogP contribution in [0.1, 0.15) is 38.3 Å². The van der Waals surface area contributed by atoms with Crippen molar-refractivity contribution in [3.8, 4) is 0 Å². The fourth-order valence-corrected chi connectivity index (χ4v) is 2.44. The molecule has 24 heavy (non-hydrogen) atoms. The predicted molar refractivity (Wildman–Crippen MR) is 81.8 cm³/mol. The number of ether oxygens (including phenoxy) is 1. The second-order valence-corrected chi connectivity index (χ2v) is 6.59. The monoisotopic (exact) mass is 345 g/mol. The number of benzene rings is 1. The normalized spacial score (nSPS) is 16.0. The van der Waals surface area contributed by atoms with Crippen LogP contribution in [0.2, 0.25) is 0 Å². The minimum Gasteiger partial charge on any atom is -0.444 e. The van der Waals surface area contributed by atoms with Gasteiger partial charge < -0.3 is 9.64 Å². The van der Waals surface area contributed by atoms with Crippen LogP contribution >= 0.6 is 0 Å². The molecule has 7 heteroatoms. The van der Waals surface area contributed by atoms with Crippen LogP contribution in [0.4, 0.5) is 22.4 Å². The minimum absolute atomic E-state index is 0.123. The molecule has 3 nitrogen and oxygen atoms in total. The molecule has 0 radical (unpaired) electrons. The van der Waals surface area contributed by atoms with E-state index >= 15 is 0 Å². The Hall–Kier alpha value is -2.05. The van der Waals surface area contributed by atoms with Gasteiger partial charge in [-0.3, -0.25) is 0 Å². The van der Waals surface area contributed by atoms with E-state index in [1.54, 1.807) is 20.8 Å². The van der Waals surface area contributed by atoms with Gasteiger partial charge in [0.05, 0.1) is 5.56 Å². The first-order valence-corrected chi connectivity index (χ1v) is 7.51. The summed E-state index contributed by atoms with van der Waals surface area (Å²) in [6, 6.07) is 2.42. The van der Waals surface area contributed by atoms with Gasteiger partial charge in [-0.25, -0.2) is 9.18 Å². The Kier molecular flexibility index (Phi) is 4.92. The summed E-state index contributed by atoms with van der Waals surface area (Å²) < 4.78 is 57.9. The Morgan fingerprint density at radius 1 is 1.21 bits per heavy atom. The molecule has 1 aromatic carbocycles. The highest BCUT2D eigenvalue weighted by atomic mass is 19.4. The van der Waals surface area contributed by atoms with Crippen molar-refractivity contribution >= 4 is 11.7 Å². The number of halogens is 4. The van der Waals surface area contributed by atoms with Crippen molar-refractivity contribution in [2.45, 2.75) is 39.0 Å². The van der Waals surface area contributed by atoms with Crippen molar-refractivity contribution in [3.05, 3.63) is 41.2 Å². The van der Waals surface area contributed by atoms with Crippen LogP contribution in [0.15, 0.2) is 24.3 Å². The molecule has 132 valence electrons. The van der Waals surface area contributed by atoms with Crippen LogP contribution in [-0.4, -0.2) is 29.7 Å². The van der Waals surface area contributed by atoms with Crippen molar-refractivity contribution in [1.82, 2.24) is 4.90 Å². The molecule has 1 aliphatic heterocycles. The molecule has 0 aromatic heterocycles. The molecular weight excluding hydrogens is 326 g/mol. The van der Waals surface area contributed by atoms with Crippen molar-refractivity contribution < 1.29 is 27.1 Å². The maximum Gasteiger partial charge on any atom is 0.416 e. The molecule has 0 bridgehead atoms. The molecule has 1 heterocycles. The number of alkyl halides is 3. The van der Waals surface area contributed by atoms with Gasteiger partial charge in [-0.05, 0) is 56.5 Å². The Balaban J connectivity index is 2.22. The third-order valence-corrected chi connectivity index (χ3v) is 3.49. The van der Waals surface area contributed by atoms with E-state index < -0.39 is 29.3 Å². The van der Waals surface area contributed by atoms with Crippen LogP contribution in [-0.2, 0) is 10.9 Å². The highest BCUT2D eigenvalue weighted by Gasteiger charge is 2.35. The van der Waals surface area contributed by atoms with E-state index in [1.165, 1.54) is 11.0 Å². The van der Waals surface area contributed by atoms with Crippen LogP contribution < -0.4 is 0 Å². The van der Waals surface area contributed by atoms with Gasteiger partial charge in [-0.15, -0.1) is 0 Å². The average Bonchev–Trinajstić information content (AvgIpc) is 2.44. The first-order valence-electron chi connectivity index (χ1n) is 7.51. The fraction of sp³-hybridized carbons (Fsp3) is 0.471. The Bertz CT molecular complexity index is 660. The number of rotatable bonds is 1. The first kappa shape index (κ1) is 18.3.